The summed E-state index contributed by atoms with van der Waals surface area (Å²) in [6.07, 6.45) is 15.0. The van der Waals surface area contributed by atoms with E-state index >= 15 is 0 Å². The van der Waals surface area contributed by atoms with Gasteiger partial charge in [0.15, 0.2) is 0 Å². The number of carboxylic acids is 3. The number of methoxy groups -OCH3 is 4. The number of benzene rings is 3. The van der Waals surface area contributed by atoms with Crippen LogP contribution in [0.1, 0.15) is 221 Å². The van der Waals surface area contributed by atoms with Crippen LogP contribution < -0.4 is 0 Å². The number of carbonyl (C=O) groups is 7. The fourth-order valence-corrected chi connectivity index (χ4v) is 9.43. The third-order valence-electron chi connectivity index (χ3n) is 10.9. The van der Waals surface area contributed by atoms with Crippen LogP contribution >= 0.6 is 68.0 Å². The zero-order valence-electron chi connectivity index (χ0n) is 45.7. The standard InChI is InChI=1S/C17H24O4S.C15H20O4S.C10H19BrO2.C8H15BrO2.C7H6O2S.8CH4/c1-13(18)12-15(21-2)6-4-3-5-11-22-16-9-7-14(8-10-16)17(19)20;1-11(16)10-13(19-2)4-3-9-20-14-7-5-12(6-8-14)15(17)18;1-9(12)8-10(13-2)6-4-3-5-7-11;1-7(10)6-8(11-2)4-3-5-9;8-7(9)5-1-3-6(10)4-2-5;;;;;;;;/h7-10,15H,3-6,11-12H2,1-2H3,(H,19,20);5-8,13H,3-4,9-10H2,1-2H3,(H,17,18);10H,3-8H2,1-2H3;8H,3-6H2,1-2H3;1-4,10H,(H,8,9);8*1H4. The van der Waals surface area contributed by atoms with Gasteiger partial charge < -0.3 is 34.3 Å². The molecule has 3 N–H and O–H groups in total. The molecule has 84 heavy (non-hydrogen) atoms. The first-order chi connectivity index (χ1) is 36.2. The van der Waals surface area contributed by atoms with E-state index in [9.17, 15) is 33.6 Å². The summed E-state index contributed by atoms with van der Waals surface area (Å²) in [5, 5.41) is 28.1. The summed E-state index contributed by atoms with van der Waals surface area (Å²) < 4.78 is 20.9. The molecule has 0 aliphatic heterocycles. The van der Waals surface area contributed by atoms with Crippen molar-refractivity contribution < 1.29 is 67.8 Å². The molecule has 0 bridgehead atoms. The Bertz CT molecular complexity index is 2040. The first-order valence-corrected chi connectivity index (χ1v) is 30.0. The molecular weight excluding hydrogens is 1260 g/mol. The molecule has 3 rings (SSSR count). The Hall–Kier alpha value is -3.40. The molecule has 0 saturated heterocycles. The Morgan fingerprint density at radius 3 is 0.905 bits per heavy atom. The molecule has 0 amide bonds. The van der Waals surface area contributed by atoms with Gasteiger partial charge in [-0.15, -0.1) is 36.2 Å². The zero-order valence-corrected chi connectivity index (χ0v) is 51.4. The lowest BCUT2D eigenvalue weighted by Crippen LogP contribution is -2.14. The Kier molecular flexibility index (Phi) is 81.9. The molecule has 3 aromatic rings. The van der Waals surface area contributed by atoms with Crippen molar-refractivity contribution in [2.75, 3.05) is 50.6 Å². The Balaban J connectivity index is -0.000000103. The zero-order chi connectivity index (χ0) is 57.7. The highest BCUT2D eigenvalue weighted by atomic mass is 79.9. The number of Topliss-reactive ketones (excluding diaryl/α,β-unsaturated/α-hetero) is 4. The SMILES string of the molecule is C.C.C.C.C.C.C.C.COC(CCCBr)CC(C)=O.COC(CCCCCBr)CC(C)=O.COC(CCCCCSc1ccc(C(=O)O)cc1)CC(C)=O.COC(CCCSc1ccc(C(=O)O)cc1)CC(C)=O.O=C(O)c1ccc(S)cc1. The number of thioether (sulfide) groups is 2. The van der Waals surface area contributed by atoms with Gasteiger partial charge in [0.05, 0.1) is 41.1 Å². The second-order valence-electron chi connectivity index (χ2n) is 17.6. The topological polar surface area (TPSA) is 217 Å². The van der Waals surface area contributed by atoms with Crippen molar-refractivity contribution in [3.8, 4) is 0 Å². The lowest BCUT2D eigenvalue weighted by atomic mass is 10.1. The number of rotatable bonds is 35. The van der Waals surface area contributed by atoms with Crippen molar-refractivity contribution in [2.45, 2.75) is 229 Å². The Morgan fingerprint density at radius 1 is 0.393 bits per heavy atom. The van der Waals surface area contributed by atoms with E-state index in [0.29, 0.717) is 36.8 Å². The highest BCUT2D eigenvalue weighted by molar-refractivity contribution is 9.09. The largest absolute Gasteiger partial charge is 0.478 e. The monoisotopic (exact) mass is 1370 g/mol. The van der Waals surface area contributed by atoms with Gasteiger partial charge in [-0.3, -0.25) is 19.2 Å². The molecule has 0 aliphatic carbocycles. The van der Waals surface area contributed by atoms with E-state index in [-0.39, 0.29) is 113 Å². The number of carbonyl (C=O) groups excluding carboxylic acids is 4. The van der Waals surface area contributed by atoms with Crippen LogP contribution in [0, 0.1) is 0 Å². The first kappa shape index (κ1) is 102. The van der Waals surface area contributed by atoms with Gasteiger partial charge >= 0.3 is 17.9 Å². The van der Waals surface area contributed by atoms with E-state index in [1.54, 1.807) is 116 Å². The van der Waals surface area contributed by atoms with Crippen molar-refractivity contribution in [1.29, 1.82) is 0 Å². The number of aromatic carboxylic acids is 3. The number of ketones is 4. The number of ether oxygens (including phenoxy) is 4. The van der Waals surface area contributed by atoms with Crippen molar-refractivity contribution >= 4 is 109 Å². The maximum Gasteiger partial charge on any atom is 0.335 e. The van der Waals surface area contributed by atoms with Gasteiger partial charge in [0.2, 0.25) is 0 Å². The van der Waals surface area contributed by atoms with Crippen molar-refractivity contribution in [3.05, 3.63) is 89.5 Å². The minimum Gasteiger partial charge on any atom is -0.478 e. The van der Waals surface area contributed by atoms with Gasteiger partial charge in [-0.05, 0) is 163 Å². The minimum absolute atomic E-state index is 0. The van der Waals surface area contributed by atoms with Gasteiger partial charge in [0.25, 0.3) is 0 Å². The molecule has 14 nitrogen and oxygen atoms in total. The van der Waals surface area contributed by atoms with E-state index in [2.05, 4.69) is 44.5 Å². The molecule has 4 unspecified atom stereocenters. The van der Waals surface area contributed by atoms with Crippen LogP contribution in [0.15, 0.2) is 87.5 Å². The fraction of sp³-hybridized carbons (Fsp3) is 0.615. The molecule has 4 atom stereocenters. The maximum atomic E-state index is 11.1. The molecule has 19 heteroatoms. The van der Waals surface area contributed by atoms with Crippen LogP contribution in [-0.4, -0.2) is 131 Å². The quantitative estimate of drug-likeness (QED) is 0.0186. The van der Waals surface area contributed by atoms with E-state index in [0.717, 1.165) is 101 Å². The van der Waals surface area contributed by atoms with Crippen LogP contribution in [-0.2, 0) is 38.1 Å². The minimum atomic E-state index is -0.909. The van der Waals surface area contributed by atoms with Gasteiger partial charge in [-0.1, -0.05) is 117 Å². The second kappa shape index (κ2) is 67.1. The van der Waals surface area contributed by atoms with Crippen LogP contribution in [0.25, 0.3) is 0 Å². The Labute approximate surface area is 542 Å². The normalized spacial score (nSPS) is 10.8. The number of hydrogen-bond donors (Lipinski definition) is 4. The number of thiol groups is 1. The molecule has 0 aliphatic rings. The van der Waals surface area contributed by atoms with Gasteiger partial charge in [-0.2, -0.15) is 0 Å². The highest BCUT2D eigenvalue weighted by Crippen LogP contribution is 2.23. The number of unbranched alkanes of at least 4 members (excludes halogenated alkanes) is 4. The van der Waals surface area contributed by atoms with E-state index < -0.39 is 17.9 Å². The van der Waals surface area contributed by atoms with Crippen LogP contribution in [0.3, 0.4) is 0 Å². The number of carboxylic acid groups (broad SMARTS) is 3. The van der Waals surface area contributed by atoms with E-state index in [1.165, 1.54) is 25.0 Å². The summed E-state index contributed by atoms with van der Waals surface area (Å²) >= 11 is 14.1. The van der Waals surface area contributed by atoms with E-state index in [1.807, 2.05) is 24.3 Å². The third-order valence-corrected chi connectivity index (χ3v) is 14.5. The molecule has 0 fully saturated rings. The molecule has 0 radical (unpaired) electrons. The fourth-order valence-electron chi connectivity index (χ4n) is 6.78. The molecule has 0 aromatic heterocycles. The van der Waals surface area contributed by atoms with Gasteiger partial charge in [0.1, 0.15) is 23.1 Å². The van der Waals surface area contributed by atoms with E-state index in [4.69, 9.17) is 34.3 Å². The Morgan fingerprint density at radius 2 is 0.643 bits per heavy atom. The molecule has 3 aromatic carbocycles. The first-order valence-electron chi connectivity index (χ1n) is 25.3. The number of alkyl halides is 2. The van der Waals surface area contributed by atoms with Crippen molar-refractivity contribution in [1.82, 2.24) is 0 Å². The summed E-state index contributed by atoms with van der Waals surface area (Å²) in [5.41, 5.74) is 0.911. The average Bonchev–Trinajstić information content (AvgIpc) is 3.38. The van der Waals surface area contributed by atoms with Gasteiger partial charge in [0, 0.05) is 79.5 Å². The molecule has 0 spiro atoms. The summed E-state index contributed by atoms with van der Waals surface area (Å²) in [5.74, 6) is -0.0439. The average molecular weight is 1380 g/mol. The number of halogens is 2. The van der Waals surface area contributed by atoms with Crippen LogP contribution in [0.2, 0.25) is 0 Å². The number of hydrogen-bond acceptors (Lipinski definition) is 14. The lowest BCUT2D eigenvalue weighted by molar-refractivity contribution is -0.120. The molecule has 0 saturated carbocycles. The van der Waals surface area contributed by atoms with Gasteiger partial charge in [-0.25, -0.2) is 14.4 Å². The predicted molar refractivity (Wildman–Crippen MR) is 370 cm³/mol. The highest BCUT2D eigenvalue weighted by Gasteiger charge is 2.13. The van der Waals surface area contributed by atoms with Crippen LogP contribution in [0.5, 0.6) is 0 Å². The van der Waals surface area contributed by atoms with Crippen molar-refractivity contribution in [3.63, 3.8) is 0 Å². The maximum absolute atomic E-state index is 11.1. The summed E-state index contributed by atoms with van der Waals surface area (Å²) in [4.78, 5) is 78.2. The molecule has 0 heterocycles. The lowest BCUT2D eigenvalue weighted by Gasteiger charge is -2.13. The smallest absolute Gasteiger partial charge is 0.335 e. The molecule has 492 valence electrons. The van der Waals surface area contributed by atoms with Crippen LogP contribution in [0.4, 0.5) is 0 Å². The summed E-state index contributed by atoms with van der Waals surface area (Å²) in [7, 11) is 6.62. The predicted octanol–water partition coefficient (Wildman–Crippen LogP) is 19.1. The third kappa shape index (κ3) is 60.3. The van der Waals surface area contributed by atoms with Crippen molar-refractivity contribution in [2.24, 2.45) is 0 Å². The molecular formula is C65H116Br2O14S3. The summed E-state index contributed by atoms with van der Waals surface area (Å²) in [6, 6.07) is 20.1. The second-order valence-corrected chi connectivity index (χ2v) is 22.1. The summed E-state index contributed by atoms with van der Waals surface area (Å²) in [6.45, 7) is 6.38.